The van der Waals surface area contributed by atoms with E-state index < -0.39 is 16.6 Å². The molecule has 0 aliphatic rings. The van der Waals surface area contributed by atoms with Gasteiger partial charge in [0.05, 0.1) is 11.0 Å². The Kier molecular flexibility index (Phi) is 4.31. The van der Waals surface area contributed by atoms with Crippen LogP contribution in [0, 0.1) is 21.4 Å². The molecule has 0 bridgehead atoms. The Hall–Kier alpha value is -2.71. The van der Waals surface area contributed by atoms with E-state index >= 15 is 0 Å². The van der Waals surface area contributed by atoms with Gasteiger partial charge in [-0.3, -0.25) is 14.9 Å². The van der Waals surface area contributed by atoms with E-state index in [1.165, 1.54) is 24.3 Å². The molecule has 2 rings (SSSR count). The van der Waals surface area contributed by atoms with E-state index in [1.807, 2.05) is 6.07 Å². The van der Waals surface area contributed by atoms with Gasteiger partial charge >= 0.3 is 0 Å². The van der Waals surface area contributed by atoms with Crippen LogP contribution in [0.5, 0.6) is 0 Å². The molecule has 2 aromatic carbocycles. The van der Waals surface area contributed by atoms with Crippen LogP contribution in [0.1, 0.15) is 21.8 Å². The number of rotatable bonds is 4. The van der Waals surface area contributed by atoms with Crippen molar-refractivity contribution in [2.75, 3.05) is 0 Å². The first kappa shape index (κ1) is 14.7. The molecule has 0 heterocycles. The van der Waals surface area contributed by atoms with Gasteiger partial charge in [0.1, 0.15) is 5.92 Å². The lowest BCUT2D eigenvalue weighted by Crippen LogP contribution is -2.11. The molecule has 0 aliphatic carbocycles. The molecule has 5 nitrogen and oxygen atoms in total. The second-order valence-corrected chi connectivity index (χ2v) is 4.72. The summed E-state index contributed by atoms with van der Waals surface area (Å²) in [6.07, 6.45) is 0. The number of nitro benzene ring substituents is 1. The van der Waals surface area contributed by atoms with E-state index in [2.05, 4.69) is 0 Å². The number of hydrogen-bond acceptors (Lipinski definition) is 4. The number of nitro groups is 1. The van der Waals surface area contributed by atoms with E-state index in [9.17, 15) is 20.2 Å². The molecule has 104 valence electrons. The summed E-state index contributed by atoms with van der Waals surface area (Å²) in [5, 5.41) is 20.3. The zero-order chi connectivity index (χ0) is 15.4. The predicted octanol–water partition coefficient (Wildman–Crippen LogP) is 3.74. The highest BCUT2D eigenvalue weighted by Crippen LogP contribution is 2.23. The fourth-order valence-electron chi connectivity index (χ4n) is 1.85. The minimum absolute atomic E-state index is 0.105. The van der Waals surface area contributed by atoms with Crippen LogP contribution >= 0.6 is 11.6 Å². The minimum Gasteiger partial charge on any atom is -0.292 e. The molecule has 1 unspecified atom stereocenters. The molecule has 0 N–H and O–H groups in total. The summed E-state index contributed by atoms with van der Waals surface area (Å²) in [4.78, 5) is 22.4. The molecule has 0 saturated heterocycles. The van der Waals surface area contributed by atoms with E-state index in [0.717, 1.165) is 0 Å². The van der Waals surface area contributed by atoms with Crippen LogP contribution in [0.25, 0.3) is 0 Å². The highest BCUT2D eigenvalue weighted by atomic mass is 35.5. The standard InChI is InChI=1S/C15H9ClN2O3/c16-12-5-1-10(2-6-12)14(9-17)15(19)11-3-7-13(8-4-11)18(20)21/h1-8,14H. The normalized spacial score (nSPS) is 11.4. The number of halogens is 1. The summed E-state index contributed by atoms with van der Waals surface area (Å²) in [5.41, 5.74) is 0.680. The Morgan fingerprint density at radius 2 is 1.71 bits per heavy atom. The van der Waals surface area contributed by atoms with Gasteiger partial charge in [-0.25, -0.2) is 0 Å². The first-order valence-corrected chi connectivity index (χ1v) is 6.34. The molecule has 0 aliphatic heterocycles. The van der Waals surface area contributed by atoms with Crippen molar-refractivity contribution in [2.24, 2.45) is 0 Å². The summed E-state index contributed by atoms with van der Waals surface area (Å²) in [6, 6.07) is 13.5. The number of benzene rings is 2. The van der Waals surface area contributed by atoms with Crippen molar-refractivity contribution in [3.05, 3.63) is 74.8 Å². The van der Waals surface area contributed by atoms with Gasteiger partial charge in [-0.2, -0.15) is 5.26 Å². The number of ketones is 1. The molecule has 0 amide bonds. The minimum atomic E-state index is -0.969. The van der Waals surface area contributed by atoms with Crippen molar-refractivity contribution in [1.82, 2.24) is 0 Å². The quantitative estimate of drug-likeness (QED) is 0.489. The van der Waals surface area contributed by atoms with Gasteiger partial charge in [0.25, 0.3) is 5.69 Å². The second-order valence-electron chi connectivity index (χ2n) is 4.28. The smallest absolute Gasteiger partial charge is 0.269 e. The fraction of sp³-hybridized carbons (Fsp3) is 0.0667. The Morgan fingerprint density at radius 3 is 2.19 bits per heavy atom. The summed E-state index contributed by atoms with van der Waals surface area (Å²) >= 11 is 5.77. The van der Waals surface area contributed by atoms with Crippen LogP contribution in [-0.2, 0) is 0 Å². The number of nitrogens with zero attached hydrogens (tertiary/aromatic N) is 2. The number of carbonyl (C=O) groups is 1. The third kappa shape index (κ3) is 3.25. The molecule has 1 atom stereocenters. The van der Waals surface area contributed by atoms with Crippen LogP contribution in [0.4, 0.5) is 5.69 Å². The lowest BCUT2D eigenvalue weighted by molar-refractivity contribution is -0.384. The van der Waals surface area contributed by atoms with Gasteiger partial charge in [-0.1, -0.05) is 23.7 Å². The molecule has 21 heavy (non-hydrogen) atoms. The average molecular weight is 301 g/mol. The monoisotopic (exact) mass is 300 g/mol. The first-order valence-electron chi connectivity index (χ1n) is 5.96. The van der Waals surface area contributed by atoms with E-state index in [-0.39, 0.29) is 11.3 Å². The van der Waals surface area contributed by atoms with Gasteiger partial charge in [-0.15, -0.1) is 0 Å². The summed E-state index contributed by atoms with van der Waals surface area (Å²) in [6.45, 7) is 0. The number of nitriles is 1. The van der Waals surface area contributed by atoms with Crippen molar-refractivity contribution in [3.8, 4) is 6.07 Å². The van der Waals surface area contributed by atoms with Crippen LogP contribution in [0.2, 0.25) is 5.02 Å². The Balaban J connectivity index is 2.30. The van der Waals surface area contributed by atoms with Crippen LogP contribution in [-0.4, -0.2) is 10.7 Å². The number of non-ortho nitro benzene ring substituents is 1. The van der Waals surface area contributed by atoms with E-state index in [0.29, 0.717) is 10.6 Å². The summed E-state index contributed by atoms with van der Waals surface area (Å²) < 4.78 is 0. The van der Waals surface area contributed by atoms with Crippen molar-refractivity contribution in [2.45, 2.75) is 5.92 Å². The van der Waals surface area contributed by atoms with Crippen molar-refractivity contribution >= 4 is 23.1 Å². The number of Topliss-reactive ketones (excluding diaryl/α,β-unsaturated/α-hetero) is 1. The lowest BCUT2D eigenvalue weighted by Gasteiger charge is -2.08. The molecule has 0 fully saturated rings. The van der Waals surface area contributed by atoms with Gasteiger partial charge in [0.15, 0.2) is 5.78 Å². The molecule has 6 heteroatoms. The molecule has 0 spiro atoms. The van der Waals surface area contributed by atoms with E-state index in [1.54, 1.807) is 24.3 Å². The predicted molar refractivity (Wildman–Crippen MR) is 77.2 cm³/mol. The Labute approximate surface area is 125 Å². The molecular weight excluding hydrogens is 292 g/mol. The molecule has 2 aromatic rings. The zero-order valence-corrected chi connectivity index (χ0v) is 11.4. The SMILES string of the molecule is N#CC(C(=O)c1ccc([N+](=O)[O-])cc1)c1ccc(Cl)cc1. The lowest BCUT2D eigenvalue weighted by atomic mass is 9.92. The molecule has 0 saturated carbocycles. The molecular formula is C15H9ClN2O3. The largest absolute Gasteiger partial charge is 0.292 e. The molecule has 0 radical (unpaired) electrons. The fourth-order valence-corrected chi connectivity index (χ4v) is 1.98. The van der Waals surface area contributed by atoms with E-state index in [4.69, 9.17) is 11.6 Å². The van der Waals surface area contributed by atoms with Gasteiger partial charge in [0.2, 0.25) is 0 Å². The zero-order valence-electron chi connectivity index (χ0n) is 10.7. The Bertz CT molecular complexity index is 718. The number of hydrogen-bond donors (Lipinski definition) is 0. The maximum atomic E-state index is 12.3. The summed E-state index contributed by atoms with van der Waals surface area (Å²) in [5.74, 6) is -1.38. The number of carbonyl (C=O) groups excluding carboxylic acids is 1. The highest BCUT2D eigenvalue weighted by Gasteiger charge is 2.22. The maximum absolute atomic E-state index is 12.3. The third-order valence-corrected chi connectivity index (χ3v) is 3.21. The van der Waals surface area contributed by atoms with Crippen molar-refractivity contribution in [3.63, 3.8) is 0 Å². The second kappa shape index (κ2) is 6.16. The van der Waals surface area contributed by atoms with Crippen molar-refractivity contribution < 1.29 is 9.72 Å². The van der Waals surface area contributed by atoms with Crippen LogP contribution < -0.4 is 0 Å². The molecule has 0 aromatic heterocycles. The average Bonchev–Trinajstić information content (AvgIpc) is 2.50. The van der Waals surface area contributed by atoms with Gasteiger partial charge in [0, 0.05) is 22.7 Å². The van der Waals surface area contributed by atoms with Crippen LogP contribution in [0.15, 0.2) is 48.5 Å². The Morgan fingerprint density at radius 1 is 1.14 bits per heavy atom. The first-order chi connectivity index (χ1) is 10.0. The third-order valence-electron chi connectivity index (χ3n) is 2.96. The maximum Gasteiger partial charge on any atom is 0.269 e. The van der Waals surface area contributed by atoms with Crippen LogP contribution in [0.3, 0.4) is 0 Å². The van der Waals surface area contributed by atoms with Gasteiger partial charge in [-0.05, 0) is 29.8 Å². The highest BCUT2D eigenvalue weighted by molar-refractivity contribution is 6.30. The summed E-state index contributed by atoms with van der Waals surface area (Å²) in [7, 11) is 0. The van der Waals surface area contributed by atoms with Gasteiger partial charge < -0.3 is 0 Å². The van der Waals surface area contributed by atoms with Crippen molar-refractivity contribution in [1.29, 1.82) is 5.26 Å². The topological polar surface area (TPSA) is 84.0 Å².